The van der Waals surface area contributed by atoms with E-state index < -0.39 is 0 Å². The third kappa shape index (κ3) is 3.08. The molecular formula is C16H18ClN5O2. The van der Waals surface area contributed by atoms with Gasteiger partial charge in [-0.2, -0.15) is 9.50 Å². The Labute approximate surface area is 143 Å². The highest BCUT2D eigenvalue weighted by molar-refractivity contribution is 6.29. The Morgan fingerprint density at radius 3 is 2.79 bits per heavy atom. The van der Waals surface area contributed by atoms with E-state index in [0.29, 0.717) is 41.1 Å². The molecule has 3 aromatic heterocycles. The first kappa shape index (κ1) is 15.4. The quantitative estimate of drug-likeness (QED) is 0.783. The monoisotopic (exact) mass is 347 g/mol. The zero-order chi connectivity index (χ0) is 16.5. The van der Waals surface area contributed by atoms with Gasteiger partial charge in [-0.1, -0.05) is 36.0 Å². The summed E-state index contributed by atoms with van der Waals surface area (Å²) in [5, 5.41) is 7.09. The summed E-state index contributed by atoms with van der Waals surface area (Å²) in [7, 11) is 0. The molecule has 1 N–H and O–H groups in total. The van der Waals surface area contributed by atoms with E-state index in [0.717, 1.165) is 18.7 Å². The predicted octanol–water partition coefficient (Wildman–Crippen LogP) is 2.89. The second-order valence-corrected chi connectivity index (χ2v) is 6.67. The maximum atomic E-state index is 12.3. The second-order valence-electron chi connectivity index (χ2n) is 6.28. The van der Waals surface area contributed by atoms with Crippen molar-refractivity contribution in [2.45, 2.75) is 50.9 Å². The molecule has 0 aliphatic heterocycles. The van der Waals surface area contributed by atoms with E-state index in [4.69, 9.17) is 16.1 Å². The van der Waals surface area contributed by atoms with E-state index in [2.05, 4.69) is 20.2 Å². The standard InChI is InChI=1S/C16H18ClN5O2/c17-13-9-12(24-21-13)7-6-11-8-14(23)22-16(18-11)19-15(20-22)10-4-2-1-3-5-10/h8-10H,1-7H2,(H,18,19,20). The van der Waals surface area contributed by atoms with Gasteiger partial charge < -0.3 is 4.52 Å². The summed E-state index contributed by atoms with van der Waals surface area (Å²) < 4.78 is 6.50. The smallest absolute Gasteiger partial charge is 0.274 e. The average Bonchev–Trinajstić information content (AvgIpc) is 3.20. The lowest BCUT2D eigenvalue weighted by atomic mass is 9.89. The Balaban J connectivity index is 1.57. The molecule has 4 rings (SSSR count). The molecule has 8 heteroatoms. The van der Waals surface area contributed by atoms with Crippen LogP contribution in [0.4, 0.5) is 0 Å². The van der Waals surface area contributed by atoms with Gasteiger partial charge in [0.05, 0.1) is 5.69 Å². The molecule has 1 fully saturated rings. The van der Waals surface area contributed by atoms with Gasteiger partial charge in [0, 0.05) is 24.5 Å². The van der Waals surface area contributed by atoms with E-state index in [9.17, 15) is 4.79 Å². The Morgan fingerprint density at radius 1 is 1.21 bits per heavy atom. The van der Waals surface area contributed by atoms with Crippen molar-refractivity contribution in [3.63, 3.8) is 0 Å². The highest BCUT2D eigenvalue weighted by Gasteiger charge is 2.20. The van der Waals surface area contributed by atoms with Crippen LogP contribution in [-0.4, -0.2) is 24.7 Å². The lowest BCUT2D eigenvalue weighted by molar-refractivity contribution is 0.383. The van der Waals surface area contributed by atoms with Crippen molar-refractivity contribution in [3.8, 4) is 0 Å². The number of nitrogens with one attached hydrogen (secondary N) is 1. The second kappa shape index (κ2) is 6.39. The SMILES string of the molecule is O=c1cc(CCc2cc(Cl)no2)nc2nc(C3CCCCC3)[nH]n12. The molecular weight excluding hydrogens is 330 g/mol. The van der Waals surface area contributed by atoms with Crippen molar-refractivity contribution in [2.75, 3.05) is 0 Å². The molecule has 0 bridgehead atoms. The minimum Gasteiger partial charge on any atom is -0.360 e. The molecule has 3 aromatic rings. The zero-order valence-electron chi connectivity index (χ0n) is 13.2. The molecule has 0 spiro atoms. The highest BCUT2D eigenvalue weighted by atomic mass is 35.5. The van der Waals surface area contributed by atoms with Crippen LogP contribution in [-0.2, 0) is 12.8 Å². The van der Waals surface area contributed by atoms with Gasteiger partial charge in [-0.25, -0.2) is 4.98 Å². The number of halogens is 1. The van der Waals surface area contributed by atoms with Gasteiger partial charge in [-0.05, 0) is 19.3 Å². The van der Waals surface area contributed by atoms with Crippen LogP contribution in [0.3, 0.4) is 0 Å². The minimum atomic E-state index is -0.139. The van der Waals surface area contributed by atoms with Crippen LogP contribution in [0.25, 0.3) is 5.78 Å². The van der Waals surface area contributed by atoms with Gasteiger partial charge in [0.2, 0.25) is 0 Å². The summed E-state index contributed by atoms with van der Waals surface area (Å²) in [4.78, 5) is 21.4. The summed E-state index contributed by atoms with van der Waals surface area (Å²) in [6, 6.07) is 3.20. The molecule has 1 aliphatic carbocycles. The first-order valence-electron chi connectivity index (χ1n) is 8.29. The molecule has 0 atom stereocenters. The molecule has 0 amide bonds. The third-order valence-corrected chi connectivity index (χ3v) is 4.73. The van der Waals surface area contributed by atoms with Crippen LogP contribution in [0.2, 0.25) is 5.15 Å². The summed E-state index contributed by atoms with van der Waals surface area (Å²) in [6.07, 6.45) is 7.11. The van der Waals surface area contributed by atoms with Gasteiger partial charge in [0.15, 0.2) is 5.15 Å². The Kier molecular flexibility index (Phi) is 4.10. The molecule has 3 heterocycles. The van der Waals surface area contributed by atoms with Crippen molar-refractivity contribution in [3.05, 3.63) is 44.9 Å². The van der Waals surface area contributed by atoms with Crippen LogP contribution in [0, 0.1) is 0 Å². The van der Waals surface area contributed by atoms with Crippen LogP contribution in [0.5, 0.6) is 0 Å². The Hall–Kier alpha value is -2.15. The van der Waals surface area contributed by atoms with Crippen LogP contribution < -0.4 is 5.56 Å². The number of hydrogen-bond acceptors (Lipinski definition) is 5. The van der Waals surface area contributed by atoms with E-state index in [1.165, 1.54) is 29.8 Å². The van der Waals surface area contributed by atoms with Gasteiger partial charge in [0.1, 0.15) is 11.6 Å². The molecule has 0 radical (unpaired) electrons. The predicted molar refractivity (Wildman–Crippen MR) is 88.4 cm³/mol. The van der Waals surface area contributed by atoms with Crippen molar-refractivity contribution < 1.29 is 4.52 Å². The van der Waals surface area contributed by atoms with E-state index in [-0.39, 0.29) is 5.56 Å². The lowest BCUT2D eigenvalue weighted by Gasteiger charge is -2.18. The molecule has 0 saturated heterocycles. The minimum absolute atomic E-state index is 0.139. The largest absolute Gasteiger partial charge is 0.360 e. The van der Waals surface area contributed by atoms with Crippen molar-refractivity contribution in [2.24, 2.45) is 0 Å². The fourth-order valence-electron chi connectivity index (χ4n) is 3.29. The molecule has 24 heavy (non-hydrogen) atoms. The van der Waals surface area contributed by atoms with Crippen LogP contribution in [0.1, 0.15) is 55.3 Å². The number of aryl methyl sites for hydroxylation is 2. The van der Waals surface area contributed by atoms with E-state index >= 15 is 0 Å². The molecule has 0 aromatic carbocycles. The molecule has 7 nitrogen and oxygen atoms in total. The number of fused-ring (bicyclic) bond motifs is 1. The van der Waals surface area contributed by atoms with Crippen LogP contribution in [0.15, 0.2) is 21.5 Å². The van der Waals surface area contributed by atoms with Gasteiger partial charge >= 0.3 is 0 Å². The summed E-state index contributed by atoms with van der Waals surface area (Å²) in [5.74, 6) is 2.39. The Morgan fingerprint density at radius 2 is 2.04 bits per heavy atom. The number of nitrogens with zero attached hydrogens (tertiary/aromatic N) is 4. The number of H-pyrrole nitrogens is 1. The average molecular weight is 348 g/mol. The van der Waals surface area contributed by atoms with Gasteiger partial charge in [0.25, 0.3) is 11.3 Å². The fourth-order valence-corrected chi connectivity index (χ4v) is 3.44. The normalized spacial score (nSPS) is 16.0. The first-order valence-corrected chi connectivity index (χ1v) is 8.66. The highest BCUT2D eigenvalue weighted by Crippen LogP contribution is 2.30. The first-order chi connectivity index (χ1) is 11.7. The Bertz CT molecular complexity index is 907. The zero-order valence-corrected chi connectivity index (χ0v) is 13.9. The number of rotatable bonds is 4. The van der Waals surface area contributed by atoms with E-state index in [1.54, 1.807) is 6.07 Å². The van der Waals surface area contributed by atoms with Gasteiger partial charge in [-0.3, -0.25) is 9.89 Å². The molecule has 1 saturated carbocycles. The molecule has 126 valence electrons. The maximum absolute atomic E-state index is 12.3. The maximum Gasteiger partial charge on any atom is 0.274 e. The fraction of sp³-hybridized carbons (Fsp3) is 0.500. The van der Waals surface area contributed by atoms with E-state index in [1.807, 2.05) is 0 Å². The van der Waals surface area contributed by atoms with Crippen molar-refractivity contribution in [1.29, 1.82) is 0 Å². The number of aromatic amines is 1. The number of hydrogen-bond donors (Lipinski definition) is 1. The third-order valence-electron chi connectivity index (χ3n) is 4.55. The summed E-state index contributed by atoms with van der Waals surface area (Å²) >= 11 is 5.73. The van der Waals surface area contributed by atoms with Crippen molar-refractivity contribution in [1.82, 2.24) is 24.7 Å². The number of aromatic nitrogens is 5. The van der Waals surface area contributed by atoms with Crippen LogP contribution >= 0.6 is 11.6 Å². The topological polar surface area (TPSA) is 89.1 Å². The summed E-state index contributed by atoms with van der Waals surface area (Å²) in [6.45, 7) is 0. The lowest BCUT2D eigenvalue weighted by Crippen LogP contribution is -2.16. The molecule has 0 unspecified atom stereocenters. The molecule has 1 aliphatic rings. The van der Waals surface area contributed by atoms with Crippen molar-refractivity contribution >= 4 is 17.4 Å². The summed E-state index contributed by atoms with van der Waals surface area (Å²) in [5.41, 5.74) is 0.550. The van der Waals surface area contributed by atoms with Gasteiger partial charge in [-0.15, -0.1) is 0 Å².